The maximum absolute atomic E-state index is 13.1. The van der Waals surface area contributed by atoms with E-state index in [2.05, 4.69) is 11.8 Å². The first-order chi connectivity index (χ1) is 11.1. The minimum atomic E-state index is -4.66. The van der Waals surface area contributed by atoms with Crippen LogP contribution in [0.5, 0.6) is 5.75 Å². The maximum atomic E-state index is 13.1. The summed E-state index contributed by atoms with van der Waals surface area (Å²) in [6, 6.07) is 2.36. The van der Waals surface area contributed by atoms with Gasteiger partial charge in [-0.1, -0.05) is 30.7 Å². The molecule has 1 aliphatic rings. The summed E-state index contributed by atoms with van der Waals surface area (Å²) in [7, 11) is 0. The molecule has 0 aliphatic heterocycles. The summed E-state index contributed by atoms with van der Waals surface area (Å²) in [6.07, 6.45) is -0.484. The predicted molar refractivity (Wildman–Crippen MR) is 80.2 cm³/mol. The highest BCUT2D eigenvalue weighted by Gasteiger charge is 2.36. The van der Waals surface area contributed by atoms with Crippen LogP contribution in [0.3, 0.4) is 0 Å². The highest BCUT2D eigenvalue weighted by atomic mass is 19.4. The van der Waals surface area contributed by atoms with Gasteiger partial charge in [0.1, 0.15) is 5.75 Å². The molecule has 130 valence electrons. The van der Waals surface area contributed by atoms with Crippen molar-refractivity contribution >= 4 is 5.97 Å². The van der Waals surface area contributed by atoms with Crippen molar-refractivity contribution in [3.05, 3.63) is 29.3 Å². The molecule has 1 aromatic carbocycles. The molecule has 3 nitrogen and oxygen atoms in total. The van der Waals surface area contributed by atoms with Crippen LogP contribution in [0.1, 0.15) is 55.5 Å². The summed E-state index contributed by atoms with van der Waals surface area (Å²) in [5.41, 5.74) is -2.59. The standard InChI is InChI=1S/C18H19F3O3/c1-17(2,10-9-12-5-3-4-6-12)24-15-11-13(16(22)23)7-8-14(15)18(19,20)21/h7-8,11-12H,3-6H2,1-2H3,(H,22,23)/p-1. The third-order valence-corrected chi connectivity index (χ3v) is 3.82. The Morgan fingerprint density at radius 1 is 1.25 bits per heavy atom. The van der Waals surface area contributed by atoms with Gasteiger partial charge in [-0.2, -0.15) is 13.2 Å². The summed E-state index contributed by atoms with van der Waals surface area (Å²) >= 11 is 0. The first-order valence-corrected chi connectivity index (χ1v) is 7.73. The number of hydrogen-bond donors (Lipinski definition) is 0. The number of carboxylic acid groups (broad SMARTS) is 1. The molecule has 0 amide bonds. The Morgan fingerprint density at radius 2 is 1.88 bits per heavy atom. The fourth-order valence-electron chi connectivity index (χ4n) is 2.61. The Balaban J connectivity index is 2.31. The first kappa shape index (κ1) is 18.2. The lowest BCUT2D eigenvalue weighted by Crippen LogP contribution is -2.28. The number of carbonyl (C=O) groups excluding carboxylic acids is 1. The van der Waals surface area contributed by atoms with Crippen molar-refractivity contribution < 1.29 is 27.8 Å². The average molecular weight is 339 g/mol. The van der Waals surface area contributed by atoms with Gasteiger partial charge in [-0.25, -0.2) is 0 Å². The third-order valence-electron chi connectivity index (χ3n) is 3.82. The summed E-state index contributed by atoms with van der Waals surface area (Å²) in [5.74, 6) is 4.04. The van der Waals surface area contributed by atoms with E-state index in [9.17, 15) is 23.1 Å². The molecular formula is C18H18F3O3-. The van der Waals surface area contributed by atoms with Gasteiger partial charge in [-0.3, -0.25) is 0 Å². The van der Waals surface area contributed by atoms with E-state index in [4.69, 9.17) is 4.74 Å². The largest absolute Gasteiger partial charge is 0.545 e. The number of hydrogen-bond acceptors (Lipinski definition) is 3. The van der Waals surface area contributed by atoms with E-state index in [0.717, 1.165) is 37.8 Å². The predicted octanol–water partition coefficient (Wildman–Crippen LogP) is 3.42. The highest BCUT2D eigenvalue weighted by Crippen LogP contribution is 2.38. The molecular weight excluding hydrogens is 321 g/mol. The van der Waals surface area contributed by atoms with Crippen LogP contribution in [0.2, 0.25) is 0 Å². The zero-order valence-electron chi connectivity index (χ0n) is 13.5. The molecule has 0 bridgehead atoms. The third kappa shape index (κ3) is 4.67. The molecule has 24 heavy (non-hydrogen) atoms. The molecule has 1 fully saturated rings. The zero-order chi connectivity index (χ0) is 18.0. The van der Waals surface area contributed by atoms with Crippen LogP contribution < -0.4 is 9.84 Å². The molecule has 2 rings (SSSR count). The van der Waals surface area contributed by atoms with E-state index in [1.807, 2.05) is 0 Å². The lowest BCUT2D eigenvalue weighted by molar-refractivity contribution is -0.255. The molecule has 1 saturated carbocycles. The molecule has 0 radical (unpaired) electrons. The molecule has 6 heteroatoms. The number of halogens is 3. The minimum absolute atomic E-state index is 0.240. The van der Waals surface area contributed by atoms with Crippen molar-refractivity contribution in [1.82, 2.24) is 0 Å². The summed E-state index contributed by atoms with van der Waals surface area (Å²) in [4.78, 5) is 10.9. The fraction of sp³-hybridized carbons (Fsp3) is 0.500. The maximum Gasteiger partial charge on any atom is 0.419 e. The van der Waals surface area contributed by atoms with Crippen LogP contribution in [0.4, 0.5) is 13.2 Å². The van der Waals surface area contributed by atoms with Crippen LogP contribution in [0.15, 0.2) is 18.2 Å². The van der Waals surface area contributed by atoms with E-state index in [1.54, 1.807) is 13.8 Å². The topological polar surface area (TPSA) is 49.4 Å². The molecule has 0 unspecified atom stereocenters. The molecule has 1 aliphatic carbocycles. The molecule has 0 saturated heterocycles. The SMILES string of the molecule is CC(C)(C#CC1CCCC1)Oc1cc(C(=O)[O-])ccc1C(F)(F)F. The van der Waals surface area contributed by atoms with Crippen LogP contribution in [-0.2, 0) is 6.18 Å². The summed E-state index contributed by atoms with van der Waals surface area (Å²) < 4.78 is 44.8. The fourth-order valence-corrected chi connectivity index (χ4v) is 2.61. The Kier molecular flexibility index (Phi) is 5.12. The number of carbonyl (C=O) groups is 1. The smallest absolute Gasteiger partial charge is 0.419 e. The Labute approximate surface area is 138 Å². The van der Waals surface area contributed by atoms with Gasteiger partial charge in [-0.05, 0) is 38.8 Å². The summed E-state index contributed by atoms with van der Waals surface area (Å²) in [5, 5.41) is 10.9. The second-order valence-electron chi connectivity index (χ2n) is 6.36. The molecule has 0 N–H and O–H groups in total. The second-order valence-corrected chi connectivity index (χ2v) is 6.36. The number of carboxylic acids is 1. The normalized spacial score (nSPS) is 15.7. The quantitative estimate of drug-likeness (QED) is 0.793. The van der Waals surface area contributed by atoms with Crippen molar-refractivity contribution in [2.45, 2.75) is 51.3 Å². The molecule has 0 spiro atoms. The van der Waals surface area contributed by atoms with E-state index < -0.39 is 29.1 Å². The van der Waals surface area contributed by atoms with E-state index in [0.29, 0.717) is 6.07 Å². The van der Waals surface area contributed by atoms with Crippen LogP contribution in [0, 0.1) is 17.8 Å². The number of benzene rings is 1. The van der Waals surface area contributed by atoms with Gasteiger partial charge in [-0.15, -0.1) is 0 Å². The van der Waals surface area contributed by atoms with Gasteiger partial charge in [0, 0.05) is 11.5 Å². The average Bonchev–Trinajstić information content (AvgIpc) is 2.97. The van der Waals surface area contributed by atoms with Crippen molar-refractivity contribution in [3.8, 4) is 17.6 Å². The number of alkyl halides is 3. The monoisotopic (exact) mass is 339 g/mol. The molecule has 0 heterocycles. The van der Waals surface area contributed by atoms with E-state index in [1.165, 1.54) is 0 Å². The van der Waals surface area contributed by atoms with E-state index >= 15 is 0 Å². The van der Waals surface area contributed by atoms with Gasteiger partial charge < -0.3 is 14.6 Å². The van der Waals surface area contributed by atoms with Crippen LogP contribution in [-0.4, -0.2) is 11.6 Å². The number of rotatable bonds is 3. The second kappa shape index (κ2) is 6.76. The Bertz CT molecular complexity index is 675. The van der Waals surface area contributed by atoms with Gasteiger partial charge in [0.15, 0.2) is 5.60 Å². The van der Waals surface area contributed by atoms with Crippen molar-refractivity contribution in [2.75, 3.05) is 0 Å². The van der Waals surface area contributed by atoms with Crippen LogP contribution >= 0.6 is 0 Å². The van der Waals surface area contributed by atoms with Crippen molar-refractivity contribution in [3.63, 3.8) is 0 Å². The summed E-state index contributed by atoms with van der Waals surface area (Å²) in [6.45, 7) is 3.11. The highest BCUT2D eigenvalue weighted by molar-refractivity contribution is 5.86. The lowest BCUT2D eigenvalue weighted by Gasteiger charge is -2.24. The van der Waals surface area contributed by atoms with Gasteiger partial charge >= 0.3 is 6.18 Å². The Morgan fingerprint density at radius 3 is 2.42 bits per heavy atom. The van der Waals surface area contributed by atoms with Gasteiger partial charge in [0.25, 0.3) is 0 Å². The lowest BCUT2D eigenvalue weighted by atomic mass is 10.0. The number of aromatic carboxylic acids is 1. The van der Waals surface area contributed by atoms with Crippen LogP contribution in [0.25, 0.3) is 0 Å². The van der Waals surface area contributed by atoms with Crippen molar-refractivity contribution in [1.29, 1.82) is 0 Å². The molecule has 1 aromatic rings. The Hall–Kier alpha value is -2.16. The zero-order valence-corrected chi connectivity index (χ0v) is 13.5. The first-order valence-electron chi connectivity index (χ1n) is 7.73. The molecule has 0 aromatic heterocycles. The minimum Gasteiger partial charge on any atom is -0.545 e. The van der Waals surface area contributed by atoms with E-state index in [-0.39, 0.29) is 11.5 Å². The van der Waals surface area contributed by atoms with Gasteiger partial charge in [0.05, 0.1) is 11.5 Å². The van der Waals surface area contributed by atoms with Crippen molar-refractivity contribution in [2.24, 2.45) is 5.92 Å². The van der Waals surface area contributed by atoms with Gasteiger partial charge in [0.2, 0.25) is 0 Å². The molecule has 0 atom stereocenters. The number of ether oxygens (including phenoxy) is 1.